The second kappa shape index (κ2) is 8.35. The van der Waals surface area contributed by atoms with Crippen molar-refractivity contribution in [3.63, 3.8) is 0 Å². The van der Waals surface area contributed by atoms with Crippen LogP contribution in [0.4, 0.5) is 14.5 Å². The van der Waals surface area contributed by atoms with Gasteiger partial charge in [0.15, 0.2) is 0 Å². The molecule has 2 fully saturated rings. The molecule has 0 amide bonds. The Morgan fingerprint density at radius 3 is 2.59 bits per heavy atom. The zero-order valence-electron chi connectivity index (χ0n) is 16.3. The number of hydrogen-bond acceptors (Lipinski definition) is 5. The Kier molecular flexibility index (Phi) is 5.65. The predicted octanol–water partition coefficient (Wildman–Crippen LogP) is 5.03. The van der Waals surface area contributed by atoms with Gasteiger partial charge in [-0.2, -0.15) is 0 Å². The number of aromatic nitrogens is 2. The Hall–Kier alpha value is -2.70. The maximum absolute atomic E-state index is 14.8. The molecule has 0 spiro atoms. The molecule has 4 rings (SSSR count). The van der Waals surface area contributed by atoms with Crippen molar-refractivity contribution in [1.82, 2.24) is 9.97 Å². The molecule has 1 unspecified atom stereocenters. The summed E-state index contributed by atoms with van der Waals surface area (Å²) in [4.78, 5) is 10.2. The van der Waals surface area contributed by atoms with E-state index in [2.05, 4.69) is 16.5 Å². The number of aliphatic hydroxyl groups is 1. The standard InChI is InChI=1S/C22H25F2N3O2/c1-14(28)8-15-6-7-27(13-15)22-18(23)9-16(10-19(22)24)20-11-25-12-21(26-20)29-17-4-2-3-5-17/h9-12,15,17,28H,1-8,13H2. The number of hydrogen-bond donors (Lipinski definition) is 1. The van der Waals surface area contributed by atoms with E-state index in [1.807, 2.05) is 0 Å². The van der Waals surface area contributed by atoms with Crippen molar-refractivity contribution >= 4 is 5.69 Å². The van der Waals surface area contributed by atoms with Crippen molar-refractivity contribution < 1.29 is 18.6 Å². The summed E-state index contributed by atoms with van der Waals surface area (Å²) in [5, 5.41) is 9.37. The van der Waals surface area contributed by atoms with Crippen LogP contribution < -0.4 is 9.64 Å². The van der Waals surface area contributed by atoms with Crippen LogP contribution in [0.25, 0.3) is 11.3 Å². The van der Waals surface area contributed by atoms with Crippen LogP contribution >= 0.6 is 0 Å². The van der Waals surface area contributed by atoms with Gasteiger partial charge >= 0.3 is 0 Å². The van der Waals surface area contributed by atoms with E-state index in [0.717, 1.165) is 32.1 Å². The molecule has 2 aromatic rings. The number of ether oxygens (including phenoxy) is 1. The Morgan fingerprint density at radius 1 is 1.17 bits per heavy atom. The summed E-state index contributed by atoms with van der Waals surface area (Å²) in [5.41, 5.74) is 0.666. The Balaban J connectivity index is 1.53. The molecule has 2 heterocycles. The molecular formula is C22H25F2N3O2. The quantitative estimate of drug-likeness (QED) is 0.688. The van der Waals surface area contributed by atoms with Gasteiger partial charge in [-0.05, 0) is 50.2 Å². The molecule has 5 nitrogen and oxygen atoms in total. The van der Waals surface area contributed by atoms with Gasteiger partial charge in [0, 0.05) is 25.1 Å². The highest BCUT2D eigenvalue weighted by Gasteiger charge is 2.28. The molecule has 1 aromatic carbocycles. The lowest BCUT2D eigenvalue weighted by Crippen LogP contribution is -2.22. The number of benzene rings is 1. The van der Waals surface area contributed by atoms with Crippen LogP contribution in [0.1, 0.15) is 38.5 Å². The fraction of sp³-hybridized carbons (Fsp3) is 0.455. The fourth-order valence-corrected chi connectivity index (χ4v) is 4.27. The second-order valence-electron chi connectivity index (χ2n) is 7.93. The largest absolute Gasteiger partial charge is 0.513 e. The Morgan fingerprint density at radius 2 is 1.90 bits per heavy atom. The third-order valence-electron chi connectivity index (χ3n) is 5.64. The first-order valence-corrected chi connectivity index (χ1v) is 10.1. The van der Waals surface area contributed by atoms with Crippen molar-refractivity contribution in [2.75, 3.05) is 18.0 Å². The maximum atomic E-state index is 14.8. The van der Waals surface area contributed by atoms with Gasteiger partial charge < -0.3 is 14.7 Å². The highest BCUT2D eigenvalue weighted by atomic mass is 19.1. The van der Waals surface area contributed by atoms with E-state index in [4.69, 9.17) is 4.74 Å². The van der Waals surface area contributed by atoms with E-state index in [1.54, 1.807) is 4.90 Å². The molecule has 7 heteroatoms. The highest BCUT2D eigenvalue weighted by molar-refractivity contribution is 5.64. The third kappa shape index (κ3) is 4.49. The van der Waals surface area contributed by atoms with Gasteiger partial charge in [0.05, 0.1) is 23.8 Å². The van der Waals surface area contributed by atoms with E-state index in [9.17, 15) is 13.9 Å². The van der Waals surface area contributed by atoms with E-state index in [0.29, 0.717) is 36.6 Å². The Labute approximate surface area is 169 Å². The molecule has 1 aromatic heterocycles. The highest BCUT2D eigenvalue weighted by Crippen LogP contribution is 2.34. The van der Waals surface area contributed by atoms with Gasteiger partial charge in [-0.25, -0.2) is 13.8 Å². The van der Waals surface area contributed by atoms with Crippen molar-refractivity contribution in [2.45, 2.75) is 44.6 Å². The minimum atomic E-state index is -0.632. The van der Waals surface area contributed by atoms with Crippen LogP contribution in [0.3, 0.4) is 0 Å². The minimum absolute atomic E-state index is 0.0360. The SMILES string of the molecule is C=C(O)CC1CCN(c2c(F)cc(-c3cncc(OC4CCCC4)n3)cc2F)C1. The average molecular weight is 401 g/mol. The third-order valence-corrected chi connectivity index (χ3v) is 5.64. The van der Waals surface area contributed by atoms with E-state index < -0.39 is 11.6 Å². The molecule has 1 N–H and O–H groups in total. The van der Waals surface area contributed by atoms with Gasteiger partial charge in [0.25, 0.3) is 0 Å². The molecule has 1 aliphatic heterocycles. The number of aliphatic hydroxyl groups excluding tert-OH is 1. The molecule has 1 aliphatic carbocycles. The van der Waals surface area contributed by atoms with Crippen molar-refractivity contribution in [3.8, 4) is 17.1 Å². The predicted molar refractivity (Wildman–Crippen MR) is 107 cm³/mol. The molecule has 1 atom stereocenters. The lowest BCUT2D eigenvalue weighted by atomic mass is 10.0. The smallest absolute Gasteiger partial charge is 0.233 e. The zero-order valence-corrected chi connectivity index (χ0v) is 16.3. The number of halogens is 2. The van der Waals surface area contributed by atoms with Gasteiger partial charge in [-0.1, -0.05) is 6.58 Å². The molecule has 1 saturated carbocycles. The Bertz CT molecular complexity index is 876. The first kappa shape index (κ1) is 19.6. The normalized spacial score (nSPS) is 19.7. The summed E-state index contributed by atoms with van der Waals surface area (Å²) in [7, 11) is 0. The number of allylic oxidation sites excluding steroid dienone is 1. The van der Waals surface area contributed by atoms with Crippen LogP contribution in [0, 0.1) is 17.6 Å². The van der Waals surface area contributed by atoms with E-state index in [1.165, 1.54) is 24.5 Å². The summed E-state index contributed by atoms with van der Waals surface area (Å²) in [6.07, 6.45) is 8.60. The average Bonchev–Trinajstić information content (AvgIpc) is 3.33. The van der Waals surface area contributed by atoms with Crippen LogP contribution in [-0.2, 0) is 0 Å². The second-order valence-corrected chi connectivity index (χ2v) is 7.93. The molecule has 0 bridgehead atoms. The van der Waals surface area contributed by atoms with Gasteiger partial charge in [-0.3, -0.25) is 4.98 Å². The molecule has 2 aliphatic rings. The first-order valence-electron chi connectivity index (χ1n) is 10.1. The zero-order chi connectivity index (χ0) is 20.4. The van der Waals surface area contributed by atoms with E-state index >= 15 is 0 Å². The van der Waals surface area contributed by atoms with Gasteiger partial charge in [0.2, 0.25) is 5.88 Å². The fourth-order valence-electron chi connectivity index (χ4n) is 4.27. The number of nitrogens with zero attached hydrogens (tertiary/aromatic N) is 3. The summed E-state index contributed by atoms with van der Waals surface area (Å²) in [5.74, 6) is -0.640. The minimum Gasteiger partial charge on any atom is -0.513 e. The molecule has 29 heavy (non-hydrogen) atoms. The molecule has 154 valence electrons. The summed E-state index contributed by atoms with van der Waals surface area (Å²) >= 11 is 0. The summed E-state index contributed by atoms with van der Waals surface area (Å²) < 4.78 is 35.5. The summed E-state index contributed by atoms with van der Waals surface area (Å²) in [6.45, 7) is 4.52. The van der Waals surface area contributed by atoms with Gasteiger partial charge in [0.1, 0.15) is 23.4 Å². The van der Waals surface area contributed by atoms with Crippen LogP contribution in [0.5, 0.6) is 5.88 Å². The first-order chi connectivity index (χ1) is 14.0. The van der Waals surface area contributed by atoms with Crippen molar-refractivity contribution in [3.05, 3.63) is 48.5 Å². The lowest BCUT2D eigenvalue weighted by molar-refractivity contribution is 0.201. The van der Waals surface area contributed by atoms with Gasteiger partial charge in [-0.15, -0.1) is 0 Å². The molecule has 1 saturated heterocycles. The topological polar surface area (TPSA) is 58.5 Å². The molecule has 0 radical (unpaired) electrons. The maximum Gasteiger partial charge on any atom is 0.233 e. The number of anilines is 1. The van der Waals surface area contributed by atoms with Crippen LogP contribution in [0.15, 0.2) is 36.9 Å². The van der Waals surface area contributed by atoms with Crippen LogP contribution in [0.2, 0.25) is 0 Å². The monoisotopic (exact) mass is 401 g/mol. The van der Waals surface area contributed by atoms with Crippen molar-refractivity contribution in [2.24, 2.45) is 5.92 Å². The summed E-state index contributed by atoms with van der Waals surface area (Å²) in [6, 6.07) is 2.58. The van der Waals surface area contributed by atoms with Crippen molar-refractivity contribution in [1.29, 1.82) is 0 Å². The molecular weight excluding hydrogens is 376 g/mol. The van der Waals surface area contributed by atoms with E-state index in [-0.39, 0.29) is 23.5 Å². The lowest BCUT2D eigenvalue weighted by Gasteiger charge is -2.21. The van der Waals surface area contributed by atoms with Crippen LogP contribution in [-0.4, -0.2) is 34.3 Å². The number of rotatable bonds is 6.